The van der Waals surface area contributed by atoms with Gasteiger partial charge >= 0.3 is 0 Å². The standard InChI is InChI=1S/C10H17N3O2/c1-3-4-6-11-10(14)9-5-7-13(12-9)8-15-2/h5,7H,3-4,6,8H2,1-2H3,(H,11,14). The van der Waals surface area contributed by atoms with Gasteiger partial charge in [-0.1, -0.05) is 13.3 Å². The van der Waals surface area contributed by atoms with Crippen LogP contribution in [-0.4, -0.2) is 29.3 Å². The molecule has 1 rings (SSSR count). The molecule has 0 saturated heterocycles. The van der Waals surface area contributed by atoms with Crippen molar-refractivity contribution < 1.29 is 9.53 Å². The molecule has 0 bridgehead atoms. The van der Waals surface area contributed by atoms with Gasteiger partial charge in [0.2, 0.25) is 0 Å². The van der Waals surface area contributed by atoms with E-state index in [0.717, 1.165) is 12.8 Å². The molecule has 0 atom stereocenters. The van der Waals surface area contributed by atoms with Gasteiger partial charge in [-0.25, -0.2) is 4.68 Å². The lowest BCUT2D eigenvalue weighted by molar-refractivity contribution is 0.0940. The number of amides is 1. The third-order valence-electron chi connectivity index (χ3n) is 1.95. The predicted molar refractivity (Wildman–Crippen MR) is 56.5 cm³/mol. The van der Waals surface area contributed by atoms with E-state index in [-0.39, 0.29) is 5.91 Å². The SMILES string of the molecule is CCCCNC(=O)c1ccn(COC)n1. The summed E-state index contributed by atoms with van der Waals surface area (Å²) in [6, 6.07) is 1.68. The molecule has 15 heavy (non-hydrogen) atoms. The zero-order chi connectivity index (χ0) is 11.1. The highest BCUT2D eigenvalue weighted by Gasteiger charge is 2.07. The van der Waals surface area contributed by atoms with E-state index in [9.17, 15) is 4.79 Å². The van der Waals surface area contributed by atoms with Crippen LogP contribution >= 0.6 is 0 Å². The van der Waals surface area contributed by atoms with Gasteiger partial charge in [0.15, 0.2) is 0 Å². The number of aromatic nitrogens is 2. The van der Waals surface area contributed by atoms with E-state index in [1.54, 1.807) is 24.1 Å². The summed E-state index contributed by atoms with van der Waals surface area (Å²) in [4.78, 5) is 11.5. The van der Waals surface area contributed by atoms with E-state index in [2.05, 4.69) is 17.3 Å². The molecule has 5 nitrogen and oxygen atoms in total. The minimum atomic E-state index is -0.127. The van der Waals surface area contributed by atoms with Crippen LogP contribution in [0.2, 0.25) is 0 Å². The first-order valence-corrected chi connectivity index (χ1v) is 5.08. The summed E-state index contributed by atoms with van der Waals surface area (Å²) in [6.45, 7) is 3.15. The Hall–Kier alpha value is -1.36. The Morgan fingerprint density at radius 2 is 2.47 bits per heavy atom. The first-order chi connectivity index (χ1) is 7.27. The highest BCUT2D eigenvalue weighted by atomic mass is 16.5. The third-order valence-corrected chi connectivity index (χ3v) is 1.95. The van der Waals surface area contributed by atoms with Crippen LogP contribution < -0.4 is 5.32 Å². The molecular weight excluding hydrogens is 194 g/mol. The summed E-state index contributed by atoms with van der Waals surface area (Å²) < 4.78 is 6.47. The Balaban J connectivity index is 2.43. The lowest BCUT2D eigenvalue weighted by Gasteiger charge is -2.01. The van der Waals surface area contributed by atoms with Gasteiger partial charge in [-0.15, -0.1) is 0 Å². The monoisotopic (exact) mass is 211 g/mol. The number of nitrogens with one attached hydrogen (secondary N) is 1. The summed E-state index contributed by atoms with van der Waals surface area (Å²) >= 11 is 0. The number of unbranched alkanes of at least 4 members (excludes halogenated alkanes) is 1. The van der Waals surface area contributed by atoms with Crippen LogP contribution in [0.25, 0.3) is 0 Å². The van der Waals surface area contributed by atoms with E-state index < -0.39 is 0 Å². The van der Waals surface area contributed by atoms with Crippen LogP contribution in [0.3, 0.4) is 0 Å². The Morgan fingerprint density at radius 3 is 3.13 bits per heavy atom. The molecule has 5 heteroatoms. The maximum absolute atomic E-state index is 11.5. The molecule has 84 valence electrons. The second-order valence-electron chi connectivity index (χ2n) is 3.27. The van der Waals surface area contributed by atoms with Crippen LogP contribution in [0.4, 0.5) is 0 Å². The minimum absolute atomic E-state index is 0.127. The number of ether oxygens (including phenoxy) is 1. The average molecular weight is 211 g/mol. The Kier molecular flexibility index (Phi) is 4.83. The molecule has 0 saturated carbocycles. The van der Waals surface area contributed by atoms with Crippen LogP contribution in [0, 0.1) is 0 Å². The second-order valence-corrected chi connectivity index (χ2v) is 3.27. The number of hydrogen-bond acceptors (Lipinski definition) is 3. The first kappa shape index (κ1) is 11.7. The quantitative estimate of drug-likeness (QED) is 0.715. The Labute approximate surface area is 89.4 Å². The van der Waals surface area contributed by atoms with Crippen molar-refractivity contribution in [3.05, 3.63) is 18.0 Å². The zero-order valence-electron chi connectivity index (χ0n) is 9.19. The molecule has 1 aromatic heterocycles. The summed E-state index contributed by atoms with van der Waals surface area (Å²) in [5.74, 6) is -0.127. The topological polar surface area (TPSA) is 56.2 Å². The maximum atomic E-state index is 11.5. The van der Waals surface area contributed by atoms with Gasteiger partial charge in [0.25, 0.3) is 5.91 Å². The van der Waals surface area contributed by atoms with Crippen molar-refractivity contribution >= 4 is 5.91 Å². The van der Waals surface area contributed by atoms with Crippen LogP contribution in [-0.2, 0) is 11.5 Å². The van der Waals surface area contributed by atoms with Crippen molar-refractivity contribution in [2.75, 3.05) is 13.7 Å². The predicted octanol–water partition coefficient (Wildman–Crippen LogP) is 1.02. The summed E-state index contributed by atoms with van der Waals surface area (Å²) in [5, 5.41) is 6.86. The van der Waals surface area contributed by atoms with Gasteiger partial charge in [-0.05, 0) is 12.5 Å². The van der Waals surface area contributed by atoms with Crippen molar-refractivity contribution in [1.82, 2.24) is 15.1 Å². The molecule has 1 N–H and O–H groups in total. The Morgan fingerprint density at radius 1 is 1.67 bits per heavy atom. The minimum Gasteiger partial charge on any atom is -0.362 e. The van der Waals surface area contributed by atoms with Crippen molar-refractivity contribution in [2.45, 2.75) is 26.5 Å². The van der Waals surface area contributed by atoms with Crippen LogP contribution in [0.5, 0.6) is 0 Å². The second kappa shape index (κ2) is 6.19. The van der Waals surface area contributed by atoms with E-state index >= 15 is 0 Å². The van der Waals surface area contributed by atoms with Crippen molar-refractivity contribution in [3.8, 4) is 0 Å². The molecule has 0 aliphatic rings. The molecule has 0 fully saturated rings. The summed E-state index contributed by atoms with van der Waals surface area (Å²) in [5.41, 5.74) is 0.433. The molecule has 0 spiro atoms. The molecule has 0 radical (unpaired) electrons. The van der Waals surface area contributed by atoms with E-state index in [4.69, 9.17) is 4.74 Å². The summed E-state index contributed by atoms with van der Waals surface area (Å²) in [7, 11) is 1.59. The number of rotatable bonds is 6. The fourth-order valence-electron chi connectivity index (χ4n) is 1.16. The highest BCUT2D eigenvalue weighted by Crippen LogP contribution is 1.96. The maximum Gasteiger partial charge on any atom is 0.271 e. The zero-order valence-corrected chi connectivity index (χ0v) is 9.19. The first-order valence-electron chi connectivity index (χ1n) is 5.08. The summed E-state index contributed by atoms with van der Waals surface area (Å²) in [6.07, 6.45) is 3.78. The number of methoxy groups -OCH3 is 1. The van der Waals surface area contributed by atoms with Gasteiger partial charge < -0.3 is 10.1 Å². The molecule has 1 aromatic rings. The van der Waals surface area contributed by atoms with Crippen molar-refractivity contribution in [2.24, 2.45) is 0 Å². The molecule has 0 aliphatic carbocycles. The molecule has 1 amide bonds. The number of hydrogen-bond donors (Lipinski definition) is 1. The molecular formula is C10H17N3O2. The molecule has 0 aromatic carbocycles. The lowest BCUT2D eigenvalue weighted by Crippen LogP contribution is -2.25. The van der Waals surface area contributed by atoms with Gasteiger partial charge in [0, 0.05) is 19.9 Å². The normalized spacial score (nSPS) is 10.3. The third kappa shape index (κ3) is 3.71. The molecule has 0 unspecified atom stereocenters. The van der Waals surface area contributed by atoms with Crippen LogP contribution in [0.1, 0.15) is 30.3 Å². The lowest BCUT2D eigenvalue weighted by atomic mass is 10.3. The number of nitrogens with zero attached hydrogens (tertiary/aromatic N) is 2. The van der Waals surface area contributed by atoms with E-state index in [0.29, 0.717) is 19.0 Å². The van der Waals surface area contributed by atoms with Gasteiger partial charge in [0.1, 0.15) is 12.4 Å². The van der Waals surface area contributed by atoms with Gasteiger partial charge in [-0.2, -0.15) is 5.10 Å². The fourth-order valence-corrected chi connectivity index (χ4v) is 1.16. The molecule has 0 aliphatic heterocycles. The highest BCUT2D eigenvalue weighted by molar-refractivity contribution is 5.92. The number of carbonyl (C=O) groups excluding carboxylic acids is 1. The van der Waals surface area contributed by atoms with E-state index in [1.807, 2.05) is 0 Å². The van der Waals surface area contributed by atoms with Crippen molar-refractivity contribution in [3.63, 3.8) is 0 Å². The van der Waals surface area contributed by atoms with Gasteiger partial charge in [-0.3, -0.25) is 4.79 Å². The fraction of sp³-hybridized carbons (Fsp3) is 0.600. The Bertz CT molecular complexity index is 309. The smallest absolute Gasteiger partial charge is 0.271 e. The molecule has 1 heterocycles. The average Bonchev–Trinajstić information content (AvgIpc) is 2.67. The van der Waals surface area contributed by atoms with Gasteiger partial charge in [0.05, 0.1) is 0 Å². The van der Waals surface area contributed by atoms with E-state index in [1.165, 1.54) is 0 Å². The van der Waals surface area contributed by atoms with Crippen LogP contribution in [0.15, 0.2) is 12.3 Å². The largest absolute Gasteiger partial charge is 0.362 e. The van der Waals surface area contributed by atoms with Crippen molar-refractivity contribution in [1.29, 1.82) is 0 Å². The number of carbonyl (C=O) groups is 1.